The van der Waals surface area contributed by atoms with Gasteiger partial charge in [-0.25, -0.2) is 8.42 Å². The highest BCUT2D eigenvalue weighted by Crippen LogP contribution is 2.68. The van der Waals surface area contributed by atoms with Crippen LogP contribution in [0, 0.1) is 16.7 Å². The lowest BCUT2D eigenvalue weighted by atomic mass is 10.0. The molecule has 1 aliphatic rings. The molecule has 1 amide bonds. The first-order chi connectivity index (χ1) is 15.8. The number of halogens is 1. The number of amides is 1. The van der Waals surface area contributed by atoms with E-state index in [9.17, 15) is 23.1 Å². The van der Waals surface area contributed by atoms with Gasteiger partial charge in [-0.05, 0) is 59.1 Å². The van der Waals surface area contributed by atoms with Crippen LogP contribution >= 0.6 is 11.6 Å². The maximum Gasteiger partial charge on any atom is 0.321 e. The largest absolute Gasteiger partial charge is 0.480 e. The normalized spacial score (nSPS) is 17.7. The van der Waals surface area contributed by atoms with Gasteiger partial charge in [0.05, 0.1) is 4.90 Å². The van der Waals surface area contributed by atoms with Crippen LogP contribution < -0.4 is 10.0 Å². The average Bonchev–Trinajstić information content (AvgIpc) is 3.18. The zero-order valence-electron chi connectivity index (χ0n) is 19.8. The fraction of sp³-hybridized carbons (Fsp3) is 0.440. The minimum absolute atomic E-state index is 0.0250. The van der Waals surface area contributed by atoms with E-state index in [1.165, 1.54) is 12.1 Å². The molecule has 34 heavy (non-hydrogen) atoms. The summed E-state index contributed by atoms with van der Waals surface area (Å²) in [6.45, 7) is 8.48. The lowest BCUT2D eigenvalue weighted by molar-refractivity contribution is -0.139. The molecule has 0 bridgehead atoms. The van der Waals surface area contributed by atoms with Crippen LogP contribution in [0.4, 0.5) is 0 Å². The van der Waals surface area contributed by atoms with Gasteiger partial charge in [0.2, 0.25) is 15.9 Å². The van der Waals surface area contributed by atoms with Gasteiger partial charge < -0.3 is 10.4 Å². The molecule has 1 saturated carbocycles. The smallest absolute Gasteiger partial charge is 0.321 e. The molecule has 3 N–H and O–H groups in total. The number of rotatable bonds is 10. The van der Waals surface area contributed by atoms with E-state index in [4.69, 9.17) is 11.6 Å². The summed E-state index contributed by atoms with van der Waals surface area (Å²) in [5, 5.41) is 13.0. The van der Waals surface area contributed by atoms with E-state index in [1.54, 1.807) is 24.3 Å². The first kappa shape index (κ1) is 26.2. The Kier molecular flexibility index (Phi) is 7.45. The molecule has 0 saturated heterocycles. The molecule has 7 nitrogen and oxygen atoms in total. The standard InChI is InChI=1S/C25H31ClN2O5S/c1-24(2)21(25(24,3)4)22(29)27-15-5-6-20(23(30)31)28-34(32,33)19-13-9-17(10-14-19)16-7-11-18(26)12-8-16/h7-14,20-21,28H,5-6,15H2,1-4H3,(H,27,29)(H,30,31)/t20-/m0/s1. The monoisotopic (exact) mass is 506 g/mol. The number of carboxylic acid groups (broad SMARTS) is 1. The van der Waals surface area contributed by atoms with Crippen LogP contribution in [0.1, 0.15) is 40.5 Å². The third kappa shape index (κ3) is 5.45. The molecule has 0 spiro atoms. The minimum atomic E-state index is -4.04. The van der Waals surface area contributed by atoms with Gasteiger partial charge in [0, 0.05) is 17.5 Å². The Bertz CT molecular complexity index is 1140. The van der Waals surface area contributed by atoms with Crippen LogP contribution in [0.15, 0.2) is 53.4 Å². The molecule has 1 atom stereocenters. The van der Waals surface area contributed by atoms with Gasteiger partial charge in [0.25, 0.3) is 0 Å². The van der Waals surface area contributed by atoms with Gasteiger partial charge in [0.1, 0.15) is 6.04 Å². The summed E-state index contributed by atoms with van der Waals surface area (Å²) in [5.41, 5.74) is 1.52. The van der Waals surface area contributed by atoms with Crippen molar-refractivity contribution in [3.63, 3.8) is 0 Å². The zero-order chi connectivity index (χ0) is 25.3. The molecule has 0 heterocycles. The van der Waals surface area contributed by atoms with Crippen LogP contribution in [0.2, 0.25) is 5.02 Å². The predicted octanol–water partition coefficient (Wildman–Crippen LogP) is 4.32. The van der Waals surface area contributed by atoms with Gasteiger partial charge in [-0.15, -0.1) is 0 Å². The van der Waals surface area contributed by atoms with Gasteiger partial charge >= 0.3 is 5.97 Å². The van der Waals surface area contributed by atoms with Crippen LogP contribution in [0.3, 0.4) is 0 Å². The highest BCUT2D eigenvalue weighted by atomic mass is 35.5. The second-order valence-corrected chi connectivity index (χ2v) is 12.0. The molecule has 0 aromatic heterocycles. The maximum absolute atomic E-state index is 12.8. The van der Waals surface area contributed by atoms with E-state index in [0.717, 1.165) is 11.1 Å². The zero-order valence-corrected chi connectivity index (χ0v) is 21.3. The van der Waals surface area contributed by atoms with E-state index in [1.807, 2.05) is 12.1 Å². The molecule has 2 aromatic carbocycles. The fourth-order valence-electron chi connectivity index (χ4n) is 4.43. The highest BCUT2D eigenvalue weighted by molar-refractivity contribution is 7.89. The number of benzene rings is 2. The van der Waals surface area contributed by atoms with E-state index >= 15 is 0 Å². The minimum Gasteiger partial charge on any atom is -0.480 e. The van der Waals surface area contributed by atoms with Crippen molar-refractivity contribution in [1.29, 1.82) is 0 Å². The molecule has 2 aromatic rings. The Morgan fingerprint density at radius 1 is 0.971 bits per heavy atom. The third-order valence-corrected chi connectivity index (χ3v) is 8.93. The number of carbonyl (C=O) groups excluding carboxylic acids is 1. The Morgan fingerprint density at radius 2 is 1.47 bits per heavy atom. The average molecular weight is 507 g/mol. The van der Waals surface area contributed by atoms with Crippen LogP contribution in [0.25, 0.3) is 11.1 Å². The van der Waals surface area contributed by atoms with Gasteiger partial charge in [-0.2, -0.15) is 4.72 Å². The van der Waals surface area contributed by atoms with Crippen molar-refractivity contribution >= 4 is 33.5 Å². The maximum atomic E-state index is 12.8. The summed E-state index contributed by atoms with van der Waals surface area (Å²) < 4.78 is 27.8. The Labute approximate surface area is 206 Å². The fourth-order valence-corrected chi connectivity index (χ4v) is 5.78. The summed E-state index contributed by atoms with van der Waals surface area (Å²) >= 11 is 5.90. The van der Waals surface area contributed by atoms with Crippen molar-refractivity contribution in [2.45, 2.75) is 51.5 Å². The number of carboxylic acids is 1. The van der Waals surface area contributed by atoms with E-state index in [2.05, 4.69) is 37.7 Å². The molecule has 0 unspecified atom stereocenters. The topological polar surface area (TPSA) is 113 Å². The molecular weight excluding hydrogens is 476 g/mol. The molecular formula is C25H31ClN2O5S. The van der Waals surface area contributed by atoms with Gasteiger partial charge in [0.15, 0.2) is 0 Å². The molecule has 9 heteroatoms. The lowest BCUT2D eigenvalue weighted by Crippen LogP contribution is -2.41. The number of nitrogens with one attached hydrogen (secondary N) is 2. The number of sulfonamides is 1. The van der Waals surface area contributed by atoms with Crippen molar-refractivity contribution in [2.75, 3.05) is 6.54 Å². The van der Waals surface area contributed by atoms with Crippen molar-refractivity contribution in [2.24, 2.45) is 16.7 Å². The number of aliphatic carboxylic acids is 1. The second kappa shape index (κ2) is 9.68. The van der Waals surface area contributed by atoms with Crippen molar-refractivity contribution < 1.29 is 23.1 Å². The molecule has 184 valence electrons. The van der Waals surface area contributed by atoms with Crippen LogP contribution in [-0.2, 0) is 19.6 Å². The molecule has 1 aliphatic carbocycles. The van der Waals surface area contributed by atoms with Gasteiger partial charge in [-0.3, -0.25) is 9.59 Å². The third-order valence-electron chi connectivity index (χ3n) is 7.19. The Balaban J connectivity index is 1.56. The van der Waals surface area contributed by atoms with Crippen LogP contribution in [-0.4, -0.2) is 38.0 Å². The first-order valence-electron chi connectivity index (χ1n) is 11.2. The molecule has 0 aliphatic heterocycles. The van der Waals surface area contributed by atoms with Crippen molar-refractivity contribution in [3.8, 4) is 11.1 Å². The van der Waals surface area contributed by atoms with E-state index in [-0.39, 0.29) is 40.5 Å². The Hall–Kier alpha value is -2.42. The quantitative estimate of drug-likeness (QED) is 0.415. The first-order valence-corrected chi connectivity index (χ1v) is 13.0. The SMILES string of the molecule is CC1(C)C(C(=O)NCCC[C@H](NS(=O)(=O)c2ccc(-c3ccc(Cl)cc3)cc2)C(=O)O)C1(C)C. The predicted molar refractivity (Wildman–Crippen MR) is 132 cm³/mol. The summed E-state index contributed by atoms with van der Waals surface area (Å²) in [6, 6.07) is 12.0. The Morgan fingerprint density at radius 3 is 1.94 bits per heavy atom. The second-order valence-electron chi connectivity index (χ2n) is 9.85. The van der Waals surface area contributed by atoms with E-state index < -0.39 is 22.0 Å². The molecule has 1 fully saturated rings. The molecule has 3 rings (SSSR count). The molecule has 0 radical (unpaired) electrons. The van der Waals surface area contributed by atoms with Crippen molar-refractivity contribution in [1.82, 2.24) is 10.0 Å². The summed E-state index contributed by atoms with van der Waals surface area (Å²) in [5.74, 6) is -1.41. The lowest BCUT2D eigenvalue weighted by Gasteiger charge is -2.15. The summed E-state index contributed by atoms with van der Waals surface area (Å²) in [6.07, 6.45) is 0.378. The van der Waals surface area contributed by atoms with Crippen molar-refractivity contribution in [3.05, 3.63) is 53.6 Å². The number of hydrogen-bond acceptors (Lipinski definition) is 4. The number of hydrogen-bond donors (Lipinski definition) is 3. The van der Waals surface area contributed by atoms with Crippen LogP contribution in [0.5, 0.6) is 0 Å². The van der Waals surface area contributed by atoms with E-state index in [0.29, 0.717) is 11.4 Å². The summed E-state index contributed by atoms with van der Waals surface area (Å²) in [4.78, 5) is 24.1. The van der Waals surface area contributed by atoms with Gasteiger partial charge in [-0.1, -0.05) is 63.6 Å². The summed E-state index contributed by atoms with van der Waals surface area (Å²) in [7, 11) is -4.04. The highest BCUT2D eigenvalue weighted by Gasteiger charge is 2.68. The number of carbonyl (C=O) groups is 2.